The van der Waals surface area contributed by atoms with Crippen LogP contribution in [0.3, 0.4) is 0 Å². The summed E-state index contributed by atoms with van der Waals surface area (Å²) < 4.78 is 4.78. The van der Waals surface area contributed by atoms with Crippen LogP contribution in [0.1, 0.15) is 24.8 Å². The third-order valence-corrected chi connectivity index (χ3v) is 3.68. The minimum atomic E-state index is -0.0796. The van der Waals surface area contributed by atoms with Crippen molar-refractivity contribution in [2.24, 2.45) is 5.92 Å². The molecule has 1 fully saturated rings. The van der Waals surface area contributed by atoms with Crippen molar-refractivity contribution in [3.8, 4) is 0 Å². The first-order chi connectivity index (χ1) is 8.79. The van der Waals surface area contributed by atoms with E-state index in [9.17, 15) is 4.79 Å². The molecule has 0 aromatic heterocycles. The number of methoxy groups -OCH3 is 1. The van der Waals surface area contributed by atoms with Crippen LogP contribution >= 0.6 is 0 Å². The molecule has 0 aliphatic carbocycles. The third kappa shape index (κ3) is 3.57. The van der Waals surface area contributed by atoms with Crippen LogP contribution in [0, 0.1) is 5.92 Å². The van der Waals surface area contributed by atoms with E-state index in [-0.39, 0.29) is 11.9 Å². The topological polar surface area (TPSA) is 38.3 Å². The molecule has 1 N–H and O–H groups in total. The number of carbonyl (C=O) groups excluding carboxylic acids is 1. The largest absolute Gasteiger partial charge is 0.469 e. The predicted octanol–water partition coefficient (Wildman–Crippen LogP) is 2.16. The highest BCUT2D eigenvalue weighted by molar-refractivity contribution is 5.72. The van der Waals surface area contributed by atoms with Gasteiger partial charge in [-0.2, -0.15) is 0 Å². The van der Waals surface area contributed by atoms with Gasteiger partial charge in [-0.3, -0.25) is 4.79 Å². The van der Waals surface area contributed by atoms with Gasteiger partial charge in [0, 0.05) is 12.6 Å². The highest BCUT2D eigenvalue weighted by atomic mass is 16.5. The second-order valence-corrected chi connectivity index (χ2v) is 4.93. The fraction of sp³-hybridized carbons (Fsp3) is 0.533. The molecule has 2 atom stereocenters. The van der Waals surface area contributed by atoms with Gasteiger partial charge in [-0.25, -0.2) is 0 Å². The standard InChI is InChI=1S/C15H21NO2/c1-18-15(17)13-8-10-14(16-11-13)9-7-12-5-3-2-4-6-12/h2-6,13-14,16H,7-11H2,1H3/t13-,14+/m0/s1. The number of esters is 1. The van der Waals surface area contributed by atoms with Gasteiger partial charge in [0.1, 0.15) is 0 Å². The molecule has 0 amide bonds. The van der Waals surface area contributed by atoms with E-state index in [0.717, 1.165) is 32.2 Å². The monoisotopic (exact) mass is 247 g/mol. The highest BCUT2D eigenvalue weighted by Crippen LogP contribution is 2.18. The zero-order chi connectivity index (χ0) is 12.8. The van der Waals surface area contributed by atoms with Gasteiger partial charge in [0.15, 0.2) is 0 Å². The number of hydrogen-bond donors (Lipinski definition) is 1. The summed E-state index contributed by atoms with van der Waals surface area (Å²) in [5, 5.41) is 3.45. The molecule has 1 aromatic carbocycles. The van der Waals surface area contributed by atoms with Gasteiger partial charge < -0.3 is 10.1 Å². The predicted molar refractivity (Wildman–Crippen MR) is 71.3 cm³/mol. The number of rotatable bonds is 4. The van der Waals surface area contributed by atoms with Crippen LogP contribution in [0.2, 0.25) is 0 Å². The SMILES string of the molecule is COC(=O)[C@H]1CC[C@@H](CCc2ccccc2)NC1. The second kappa shape index (κ2) is 6.55. The molecule has 0 spiro atoms. The van der Waals surface area contributed by atoms with Crippen molar-refractivity contribution in [2.45, 2.75) is 31.7 Å². The highest BCUT2D eigenvalue weighted by Gasteiger charge is 2.25. The van der Waals surface area contributed by atoms with Crippen molar-refractivity contribution < 1.29 is 9.53 Å². The summed E-state index contributed by atoms with van der Waals surface area (Å²) >= 11 is 0. The average Bonchev–Trinajstić information content (AvgIpc) is 2.46. The van der Waals surface area contributed by atoms with Gasteiger partial charge >= 0.3 is 5.97 Å². The number of carbonyl (C=O) groups is 1. The summed E-state index contributed by atoms with van der Waals surface area (Å²) in [6, 6.07) is 11.1. The number of ether oxygens (including phenoxy) is 1. The van der Waals surface area contributed by atoms with E-state index in [1.807, 2.05) is 6.07 Å². The maximum absolute atomic E-state index is 11.4. The minimum absolute atomic E-state index is 0.0444. The number of nitrogens with one attached hydrogen (secondary N) is 1. The van der Waals surface area contributed by atoms with Crippen molar-refractivity contribution in [1.82, 2.24) is 5.32 Å². The van der Waals surface area contributed by atoms with Crippen LogP contribution in [0.4, 0.5) is 0 Å². The minimum Gasteiger partial charge on any atom is -0.469 e. The van der Waals surface area contributed by atoms with E-state index in [1.54, 1.807) is 0 Å². The summed E-state index contributed by atoms with van der Waals surface area (Å²) in [5.74, 6) is -0.0352. The molecule has 1 aliphatic heterocycles. The van der Waals surface area contributed by atoms with Crippen LogP contribution < -0.4 is 5.32 Å². The number of aryl methyl sites for hydroxylation is 1. The summed E-state index contributed by atoms with van der Waals surface area (Å²) in [4.78, 5) is 11.4. The van der Waals surface area contributed by atoms with Crippen molar-refractivity contribution in [3.63, 3.8) is 0 Å². The normalized spacial score (nSPS) is 23.6. The first-order valence-electron chi connectivity index (χ1n) is 6.64. The van der Waals surface area contributed by atoms with Gasteiger partial charge in [0.2, 0.25) is 0 Å². The van der Waals surface area contributed by atoms with Gasteiger partial charge in [0.25, 0.3) is 0 Å². The quantitative estimate of drug-likeness (QED) is 0.829. The molecule has 0 saturated carbocycles. The Balaban J connectivity index is 1.72. The Bertz CT molecular complexity index is 369. The zero-order valence-corrected chi connectivity index (χ0v) is 10.9. The van der Waals surface area contributed by atoms with Crippen molar-refractivity contribution >= 4 is 5.97 Å². The lowest BCUT2D eigenvalue weighted by atomic mass is 9.91. The number of piperidine rings is 1. The Hall–Kier alpha value is -1.35. The zero-order valence-electron chi connectivity index (χ0n) is 10.9. The summed E-state index contributed by atoms with van der Waals surface area (Å²) in [7, 11) is 1.46. The van der Waals surface area contributed by atoms with Crippen LogP contribution in [-0.2, 0) is 16.0 Å². The van der Waals surface area contributed by atoms with Crippen LogP contribution in [0.15, 0.2) is 30.3 Å². The first-order valence-corrected chi connectivity index (χ1v) is 6.64. The molecule has 0 bridgehead atoms. The molecular weight excluding hydrogens is 226 g/mol. The number of hydrogen-bond acceptors (Lipinski definition) is 3. The van der Waals surface area contributed by atoms with E-state index in [2.05, 4.69) is 29.6 Å². The lowest BCUT2D eigenvalue weighted by molar-refractivity contribution is -0.146. The maximum Gasteiger partial charge on any atom is 0.309 e. The van der Waals surface area contributed by atoms with E-state index >= 15 is 0 Å². The summed E-state index contributed by atoms with van der Waals surface area (Å²) in [5.41, 5.74) is 1.38. The van der Waals surface area contributed by atoms with Crippen LogP contribution in [0.5, 0.6) is 0 Å². The number of benzene rings is 1. The summed E-state index contributed by atoms with van der Waals surface area (Å²) in [6.07, 6.45) is 4.24. The molecular formula is C15H21NO2. The molecule has 3 heteroatoms. The Morgan fingerprint density at radius 1 is 1.33 bits per heavy atom. The lowest BCUT2D eigenvalue weighted by Gasteiger charge is -2.28. The molecule has 1 aromatic rings. The van der Waals surface area contributed by atoms with E-state index in [4.69, 9.17) is 4.74 Å². The van der Waals surface area contributed by atoms with Crippen molar-refractivity contribution in [1.29, 1.82) is 0 Å². The van der Waals surface area contributed by atoms with E-state index < -0.39 is 0 Å². The molecule has 18 heavy (non-hydrogen) atoms. The molecule has 1 saturated heterocycles. The molecule has 0 radical (unpaired) electrons. The molecule has 1 aliphatic rings. The maximum atomic E-state index is 11.4. The van der Waals surface area contributed by atoms with E-state index in [1.165, 1.54) is 12.7 Å². The Labute approximate surface area is 109 Å². The van der Waals surface area contributed by atoms with Crippen LogP contribution in [-0.4, -0.2) is 25.7 Å². The van der Waals surface area contributed by atoms with Gasteiger partial charge in [-0.05, 0) is 31.2 Å². The van der Waals surface area contributed by atoms with Gasteiger partial charge in [-0.1, -0.05) is 30.3 Å². The molecule has 1 heterocycles. The average molecular weight is 247 g/mol. The van der Waals surface area contributed by atoms with Gasteiger partial charge in [0.05, 0.1) is 13.0 Å². The summed E-state index contributed by atoms with van der Waals surface area (Å²) in [6.45, 7) is 0.756. The first kappa shape index (κ1) is 13.1. The third-order valence-electron chi connectivity index (χ3n) is 3.68. The van der Waals surface area contributed by atoms with Crippen molar-refractivity contribution in [3.05, 3.63) is 35.9 Å². The Kier molecular flexibility index (Phi) is 4.76. The smallest absolute Gasteiger partial charge is 0.309 e. The van der Waals surface area contributed by atoms with Crippen LogP contribution in [0.25, 0.3) is 0 Å². The Morgan fingerprint density at radius 3 is 2.72 bits per heavy atom. The Morgan fingerprint density at radius 2 is 2.11 bits per heavy atom. The van der Waals surface area contributed by atoms with E-state index in [0.29, 0.717) is 6.04 Å². The molecule has 98 valence electrons. The second-order valence-electron chi connectivity index (χ2n) is 4.93. The fourth-order valence-electron chi connectivity index (χ4n) is 2.52. The fourth-order valence-corrected chi connectivity index (χ4v) is 2.52. The molecule has 2 rings (SSSR count). The lowest BCUT2D eigenvalue weighted by Crippen LogP contribution is -2.42. The molecule has 0 unspecified atom stereocenters. The molecule has 3 nitrogen and oxygen atoms in total. The van der Waals surface area contributed by atoms with Gasteiger partial charge in [-0.15, -0.1) is 0 Å². The van der Waals surface area contributed by atoms with Crippen molar-refractivity contribution in [2.75, 3.05) is 13.7 Å².